The maximum atomic E-state index is 12.7. The highest BCUT2D eigenvalue weighted by Gasteiger charge is 2.31. The van der Waals surface area contributed by atoms with Crippen LogP contribution in [0.15, 0.2) is 28.8 Å². The SMILES string of the molecule is Cc1cc(C[C@@H]2COC[C@@H]2NC(=O)c2ccc3c(c2)N(C)C(=O)CO3)on1. The van der Waals surface area contributed by atoms with E-state index < -0.39 is 0 Å². The van der Waals surface area contributed by atoms with E-state index >= 15 is 0 Å². The van der Waals surface area contributed by atoms with Gasteiger partial charge in [-0.2, -0.15) is 0 Å². The van der Waals surface area contributed by atoms with Crippen molar-refractivity contribution in [2.75, 3.05) is 31.8 Å². The molecule has 8 nitrogen and oxygen atoms in total. The number of anilines is 1. The molecule has 1 N–H and O–H groups in total. The van der Waals surface area contributed by atoms with E-state index in [0.29, 0.717) is 36.6 Å². The fraction of sp³-hybridized carbons (Fsp3) is 0.421. The summed E-state index contributed by atoms with van der Waals surface area (Å²) in [5.41, 5.74) is 1.90. The lowest BCUT2D eigenvalue weighted by atomic mass is 9.97. The van der Waals surface area contributed by atoms with Gasteiger partial charge < -0.3 is 24.2 Å². The Morgan fingerprint density at radius 3 is 2.96 bits per heavy atom. The van der Waals surface area contributed by atoms with Gasteiger partial charge >= 0.3 is 0 Å². The molecule has 1 aromatic heterocycles. The van der Waals surface area contributed by atoms with Gasteiger partial charge in [0.05, 0.1) is 30.6 Å². The Morgan fingerprint density at radius 1 is 1.33 bits per heavy atom. The van der Waals surface area contributed by atoms with E-state index in [1.54, 1.807) is 25.2 Å². The third-order valence-electron chi connectivity index (χ3n) is 4.96. The topological polar surface area (TPSA) is 93.9 Å². The highest BCUT2D eigenvalue weighted by molar-refractivity contribution is 6.01. The Balaban J connectivity index is 1.46. The Morgan fingerprint density at radius 2 is 2.19 bits per heavy atom. The van der Waals surface area contributed by atoms with E-state index in [4.69, 9.17) is 14.0 Å². The highest BCUT2D eigenvalue weighted by Crippen LogP contribution is 2.32. The molecule has 0 aliphatic carbocycles. The number of amides is 2. The Hall–Kier alpha value is -2.87. The summed E-state index contributed by atoms with van der Waals surface area (Å²) in [6, 6.07) is 6.87. The van der Waals surface area contributed by atoms with Crippen LogP contribution in [0.1, 0.15) is 21.8 Å². The Bertz CT molecular complexity index is 878. The third kappa shape index (κ3) is 3.52. The first-order valence-corrected chi connectivity index (χ1v) is 8.85. The summed E-state index contributed by atoms with van der Waals surface area (Å²) in [6.07, 6.45) is 0.654. The van der Waals surface area contributed by atoms with Crippen LogP contribution in [-0.4, -0.2) is 49.9 Å². The molecular formula is C19H21N3O5. The molecule has 0 bridgehead atoms. The predicted molar refractivity (Wildman–Crippen MR) is 95.9 cm³/mol. The largest absolute Gasteiger partial charge is 0.482 e. The molecule has 2 amide bonds. The molecule has 0 radical (unpaired) electrons. The van der Waals surface area contributed by atoms with E-state index in [1.165, 1.54) is 4.90 Å². The standard InChI is InChI=1S/C19H21N3O5/c1-11-5-14(27-21-11)6-13-8-25-9-15(13)20-19(24)12-3-4-17-16(7-12)22(2)18(23)10-26-17/h3-5,7,13,15H,6,8-10H2,1-2H3,(H,20,24)/t13-,15+/m1/s1. The zero-order valence-corrected chi connectivity index (χ0v) is 15.2. The minimum absolute atomic E-state index is 0.0112. The molecule has 2 aliphatic heterocycles. The molecule has 27 heavy (non-hydrogen) atoms. The third-order valence-corrected chi connectivity index (χ3v) is 4.96. The van der Waals surface area contributed by atoms with Crippen molar-refractivity contribution in [2.24, 2.45) is 5.92 Å². The van der Waals surface area contributed by atoms with Crippen molar-refractivity contribution in [3.8, 4) is 5.75 Å². The molecule has 4 rings (SSSR count). The van der Waals surface area contributed by atoms with Crippen molar-refractivity contribution in [1.82, 2.24) is 10.5 Å². The molecule has 2 aliphatic rings. The zero-order valence-electron chi connectivity index (χ0n) is 15.2. The van der Waals surface area contributed by atoms with E-state index in [-0.39, 0.29) is 30.4 Å². The molecule has 1 saturated heterocycles. The van der Waals surface area contributed by atoms with Gasteiger partial charge in [-0.25, -0.2) is 0 Å². The average molecular weight is 371 g/mol. The monoisotopic (exact) mass is 371 g/mol. The molecule has 3 heterocycles. The van der Waals surface area contributed by atoms with E-state index in [0.717, 1.165) is 11.5 Å². The van der Waals surface area contributed by atoms with Crippen LogP contribution in [0.3, 0.4) is 0 Å². The summed E-state index contributed by atoms with van der Waals surface area (Å²) in [5, 5.41) is 6.93. The Kier molecular flexibility index (Phi) is 4.57. The van der Waals surface area contributed by atoms with Crippen molar-refractivity contribution in [3.63, 3.8) is 0 Å². The highest BCUT2D eigenvalue weighted by atomic mass is 16.5. The fourth-order valence-corrected chi connectivity index (χ4v) is 3.40. The van der Waals surface area contributed by atoms with E-state index in [9.17, 15) is 9.59 Å². The van der Waals surface area contributed by atoms with Crippen molar-refractivity contribution < 1.29 is 23.6 Å². The number of carbonyl (C=O) groups excluding carboxylic acids is 2. The van der Waals surface area contributed by atoms with Gasteiger partial charge in [0, 0.05) is 31.0 Å². The number of carbonyl (C=O) groups is 2. The second-order valence-electron chi connectivity index (χ2n) is 6.94. The molecule has 0 unspecified atom stereocenters. The van der Waals surface area contributed by atoms with Gasteiger partial charge in [0.1, 0.15) is 11.5 Å². The number of rotatable bonds is 4. The van der Waals surface area contributed by atoms with Gasteiger partial charge in [0.25, 0.3) is 11.8 Å². The number of aromatic nitrogens is 1. The smallest absolute Gasteiger partial charge is 0.264 e. The Labute approximate surface area is 156 Å². The summed E-state index contributed by atoms with van der Waals surface area (Å²) in [4.78, 5) is 26.0. The van der Waals surface area contributed by atoms with Crippen molar-refractivity contribution in [2.45, 2.75) is 19.4 Å². The average Bonchev–Trinajstić information content (AvgIpc) is 3.27. The summed E-state index contributed by atoms with van der Waals surface area (Å²) in [5.74, 6) is 1.14. The molecule has 0 spiro atoms. The van der Waals surface area contributed by atoms with Crippen LogP contribution in [0.25, 0.3) is 0 Å². The number of fused-ring (bicyclic) bond motifs is 1. The van der Waals surface area contributed by atoms with Crippen molar-refractivity contribution >= 4 is 17.5 Å². The van der Waals surface area contributed by atoms with Gasteiger partial charge in [0.2, 0.25) is 0 Å². The maximum absolute atomic E-state index is 12.7. The van der Waals surface area contributed by atoms with Crippen molar-refractivity contribution in [1.29, 1.82) is 0 Å². The molecule has 1 fully saturated rings. The normalized spacial score (nSPS) is 21.7. The molecule has 0 saturated carbocycles. The van der Waals surface area contributed by atoms with Gasteiger partial charge in [-0.3, -0.25) is 9.59 Å². The van der Waals surface area contributed by atoms with Crippen molar-refractivity contribution in [3.05, 3.63) is 41.3 Å². The summed E-state index contributed by atoms with van der Waals surface area (Å²) in [7, 11) is 1.67. The lowest BCUT2D eigenvalue weighted by molar-refractivity contribution is -0.120. The molecule has 142 valence electrons. The number of nitrogens with zero attached hydrogens (tertiary/aromatic N) is 2. The minimum Gasteiger partial charge on any atom is -0.482 e. The molecule has 8 heteroatoms. The van der Waals surface area contributed by atoms with Crippen LogP contribution in [-0.2, 0) is 16.0 Å². The predicted octanol–water partition coefficient (Wildman–Crippen LogP) is 1.33. The van der Waals surface area contributed by atoms with Crippen LogP contribution in [0.2, 0.25) is 0 Å². The summed E-state index contributed by atoms with van der Waals surface area (Å²) < 4.78 is 16.2. The quantitative estimate of drug-likeness (QED) is 0.871. The number of nitrogens with one attached hydrogen (secondary N) is 1. The van der Waals surface area contributed by atoms with Crippen LogP contribution in [0, 0.1) is 12.8 Å². The number of ether oxygens (including phenoxy) is 2. The number of likely N-dealkylation sites (N-methyl/N-ethyl adjacent to an activating group) is 1. The van der Waals surface area contributed by atoms with Gasteiger partial charge in [-0.15, -0.1) is 0 Å². The van der Waals surface area contributed by atoms with Crippen LogP contribution >= 0.6 is 0 Å². The number of aryl methyl sites for hydroxylation is 1. The van der Waals surface area contributed by atoms with Crippen LogP contribution in [0.4, 0.5) is 5.69 Å². The zero-order chi connectivity index (χ0) is 19.0. The van der Waals surface area contributed by atoms with Crippen LogP contribution < -0.4 is 15.0 Å². The van der Waals surface area contributed by atoms with E-state index in [1.807, 2.05) is 13.0 Å². The summed E-state index contributed by atoms with van der Waals surface area (Å²) >= 11 is 0. The summed E-state index contributed by atoms with van der Waals surface area (Å²) in [6.45, 7) is 2.89. The maximum Gasteiger partial charge on any atom is 0.264 e. The fourth-order valence-electron chi connectivity index (χ4n) is 3.40. The number of benzene rings is 1. The van der Waals surface area contributed by atoms with Gasteiger partial charge in [-0.1, -0.05) is 5.16 Å². The van der Waals surface area contributed by atoms with Gasteiger partial charge in [-0.05, 0) is 25.1 Å². The molecule has 2 aromatic rings. The van der Waals surface area contributed by atoms with Gasteiger partial charge in [0.15, 0.2) is 6.61 Å². The molecule has 1 aromatic carbocycles. The van der Waals surface area contributed by atoms with E-state index in [2.05, 4.69) is 10.5 Å². The lowest BCUT2D eigenvalue weighted by Gasteiger charge is -2.26. The first kappa shape index (κ1) is 17.5. The number of hydrogen-bond donors (Lipinski definition) is 1. The van der Waals surface area contributed by atoms with Crippen LogP contribution in [0.5, 0.6) is 5.75 Å². The first-order chi connectivity index (χ1) is 13.0. The second-order valence-corrected chi connectivity index (χ2v) is 6.94. The molecular weight excluding hydrogens is 350 g/mol. The lowest BCUT2D eigenvalue weighted by Crippen LogP contribution is -2.41. The second kappa shape index (κ2) is 7.03. The first-order valence-electron chi connectivity index (χ1n) is 8.85. The minimum atomic E-state index is -0.210. The number of hydrogen-bond acceptors (Lipinski definition) is 6. The molecule has 2 atom stereocenters.